The standard InChI is InChI=1S/C31H40NO3P/c1-3-5-7-15-25-32(26-16-8-6-4-2)28-23-21-27(22-24-28)31(33)36(34-29-17-11-9-12-18-29)35-30-19-13-10-14-20-30/h9-14,17-24H,3-8,15-16,25-26H2,1-2H3. The predicted octanol–water partition coefficient (Wildman–Crippen LogP) is 9.26. The van der Waals surface area contributed by atoms with Crippen LogP contribution in [0, 0.1) is 0 Å². The van der Waals surface area contributed by atoms with Crippen LogP contribution in [-0.2, 0) is 0 Å². The number of nitrogens with zero attached hydrogens (tertiary/aromatic N) is 1. The molecule has 0 radical (unpaired) electrons. The molecule has 0 aromatic heterocycles. The molecule has 4 nitrogen and oxygen atoms in total. The van der Waals surface area contributed by atoms with Gasteiger partial charge in [0.25, 0.3) is 5.52 Å². The van der Waals surface area contributed by atoms with Crippen LogP contribution in [0.2, 0.25) is 0 Å². The number of carbonyl (C=O) groups is 1. The second-order valence-electron chi connectivity index (χ2n) is 9.03. The van der Waals surface area contributed by atoms with Crippen LogP contribution in [0.4, 0.5) is 5.69 Å². The first kappa shape index (κ1) is 27.7. The molecule has 0 saturated heterocycles. The molecule has 0 unspecified atom stereocenters. The van der Waals surface area contributed by atoms with Gasteiger partial charge >= 0.3 is 8.38 Å². The Hall–Kier alpha value is -2.84. The summed E-state index contributed by atoms with van der Waals surface area (Å²) in [5, 5.41) is 0. The van der Waals surface area contributed by atoms with E-state index in [-0.39, 0.29) is 5.52 Å². The van der Waals surface area contributed by atoms with Crippen molar-refractivity contribution in [2.24, 2.45) is 0 Å². The molecule has 0 aliphatic heterocycles. The summed E-state index contributed by atoms with van der Waals surface area (Å²) in [4.78, 5) is 16.0. The average molecular weight is 506 g/mol. The molecule has 3 aromatic carbocycles. The average Bonchev–Trinajstić information content (AvgIpc) is 2.93. The van der Waals surface area contributed by atoms with Gasteiger partial charge < -0.3 is 13.9 Å². The summed E-state index contributed by atoms with van der Waals surface area (Å²) >= 11 is 0. The van der Waals surface area contributed by atoms with Gasteiger partial charge in [-0.25, -0.2) is 0 Å². The highest BCUT2D eigenvalue weighted by Crippen LogP contribution is 2.43. The van der Waals surface area contributed by atoms with Crippen molar-refractivity contribution in [1.29, 1.82) is 0 Å². The first-order valence-electron chi connectivity index (χ1n) is 13.4. The van der Waals surface area contributed by atoms with Crippen molar-refractivity contribution in [3.8, 4) is 11.5 Å². The van der Waals surface area contributed by atoms with Crippen LogP contribution in [0.15, 0.2) is 84.9 Å². The Kier molecular flexibility index (Phi) is 12.3. The maximum absolute atomic E-state index is 13.5. The fraction of sp³-hybridized carbons (Fsp3) is 0.387. The summed E-state index contributed by atoms with van der Waals surface area (Å²) in [6, 6.07) is 26.8. The van der Waals surface area contributed by atoms with Gasteiger partial charge in [0, 0.05) is 24.3 Å². The lowest BCUT2D eigenvalue weighted by Gasteiger charge is -2.25. The van der Waals surface area contributed by atoms with Gasteiger partial charge in [0.2, 0.25) is 0 Å². The van der Waals surface area contributed by atoms with Gasteiger partial charge in [-0.05, 0) is 61.4 Å². The minimum atomic E-state index is -1.86. The van der Waals surface area contributed by atoms with Crippen LogP contribution >= 0.6 is 8.38 Å². The highest BCUT2D eigenvalue weighted by Gasteiger charge is 2.27. The monoisotopic (exact) mass is 505 g/mol. The first-order valence-corrected chi connectivity index (χ1v) is 14.5. The van der Waals surface area contributed by atoms with Crippen molar-refractivity contribution >= 4 is 19.6 Å². The lowest BCUT2D eigenvalue weighted by Crippen LogP contribution is -2.25. The smallest absolute Gasteiger partial charge is 0.370 e. The molecule has 0 bridgehead atoms. The number of para-hydroxylation sites is 2. The molecule has 5 heteroatoms. The van der Waals surface area contributed by atoms with E-state index in [0.717, 1.165) is 13.1 Å². The van der Waals surface area contributed by atoms with Crippen LogP contribution < -0.4 is 13.9 Å². The maximum atomic E-state index is 13.5. The molecule has 0 atom stereocenters. The second-order valence-corrected chi connectivity index (χ2v) is 10.3. The lowest BCUT2D eigenvalue weighted by molar-refractivity contribution is 0.106. The highest BCUT2D eigenvalue weighted by atomic mass is 31.2. The van der Waals surface area contributed by atoms with E-state index < -0.39 is 8.38 Å². The Morgan fingerprint density at radius 2 is 1.11 bits per heavy atom. The molecule has 0 amide bonds. The van der Waals surface area contributed by atoms with E-state index in [9.17, 15) is 4.79 Å². The van der Waals surface area contributed by atoms with Gasteiger partial charge in [0.05, 0.1) is 0 Å². The minimum absolute atomic E-state index is 0.137. The van der Waals surface area contributed by atoms with Crippen molar-refractivity contribution in [3.63, 3.8) is 0 Å². The van der Waals surface area contributed by atoms with E-state index in [4.69, 9.17) is 9.05 Å². The largest absolute Gasteiger partial charge is 0.433 e. The number of benzene rings is 3. The quantitative estimate of drug-likeness (QED) is 0.135. The van der Waals surface area contributed by atoms with Crippen LogP contribution in [-0.4, -0.2) is 18.6 Å². The molecular formula is C31H40NO3P. The summed E-state index contributed by atoms with van der Waals surface area (Å²) in [6.07, 6.45) is 9.96. The number of unbranched alkanes of at least 4 members (excludes halogenated alkanes) is 6. The van der Waals surface area contributed by atoms with Gasteiger partial charge in [-0.1, -0.05) is 88.8 Å². The molecule has 3 aromatic rings. The van der Waals surface area contributed by atoms with E-state index in [1.807, 2.05) is 72.8 Å². The molecule has 192 valence electrons. The molecule has 0 spiro atoms. The predicted molar refractivity (Wildman–Crippen MR) is 152 cm³/mol. The number of anilines is 1. The number of carbonyl (C=O) groups excluding carboxylic acids is 1. The Balaban J connectivity index is 1.72. The molecule has 0 aliphatic carbocycles. The zero-order valence-electron chi connectivity index (χ0n) is 21.8. The Morgan fingerprint density at radius 3 is 1.56 bits per heavy atom. The van der Waals surface area contributed by atoms with Crippen molar-refractivity contribution < 1.29 is 13.8 Å². The van der Waals surface area contributed by atoms with Crippen LogP contribution in [0.1, 0.15) is 75.6 Å². The van der Waals surface area contributed by atoms with E-state index in [0.29, 0.717) is 17.1 Å². The molecule has 0 saturated carbocycles. The van der Waals surface area contributed by atoms with E-state index in [1.54, 1.807) is 0 Å². The van der Waals surface area contributed by atoms with Crippen molar-refractivity contribution in [2.75, 3.05) is 18.0 Å². The van der Waals surface area contributed by atoms with Gasteiger partial charge in [-0.3, -0.25) is 4.79 Å². The lowest BCUT2D eigenvalue weighted by atomic mass is 10.1. The summed E-state index contributed by atoms with van der Waals surface area (Å²) in [5.74, 6) is 1.24. The highest BCUT2D eigenvalue weighted by molar-refractivity contribution is 7.67. The Morgan fingerprint density at radius 1 is 0.639 bits per heavy atom. The molecule has 0 aliphatic rings. The molecule has 0 fully saturated rings. The van der Waals surface area contributed by atoms with Crippen molar-refractivity contribution in [1.82, 2.24) is 0 Å². The summed E-state index contributed by atoms with van der Waals surface area (Å²) in [7, 11) is -1.86. The first-order chi connectivity index (χ1) is 17.7. The van der Waals surface area contributed by atoms with E-state index in [1.165, 1.54) is 57.1 Å². The third kappa shape index (κ3) is 9.32. The number of rotatable bonds is 17. The Labute approximate surface area is 218 Å². The van der Waals surface area contributed by atoms with Crippen LogP contribution in [0.5, 0.6) is 11.5 Å². The van der Waals surface area contributed by atoms with Gasteiger partial charge in [0.1, 0.15) is 11.5 Å². The number of hydrogen-bond acceptors (Lipinski definition) is 4. The summed E-state index contributed by atoms with van der Waals surface area (Å²) in [6.45, 7) is 6.60. The van der Waals surface area contributed by atoms with E-state index >= 15 is 0 Å². The van der Waals surface area contributed by atoms with Crippen LogP contribution in [0.3, 0.4) is 0 Å². The normalized spacial score (nSPS) is 10.9. The SMILES string of the molecule is CCCCCCN(CCCCCC)c1ccc(C(=O)P(Oc2ccccc2)Oc2ccccc2)cc1. The van der Waals surface area contributed by atoms with Crippen molar-refractivity contribution in [2.45, 2.75) is 65.2 Å². The van der Waals surface area contributed by atoms with Gasteiger partial charge in [0.15, 0.2) is 0 Å². The fourth-order valence-corrected chi connectivity index (χ4v) is 5.19. The van der Waals surface area contributed by atoms with Gasteiger partial charge in [-0.2, -0.15) is 0 Å². The zero-order valence-corrected chi connectivity index (χ0v) is 22.7. The second kappa shape index (κ2) is 16.0. The fourth-order valence-electron chi connectivity index (χ4n) is 4.00. The summed E-state index contributed by atoms with van der Waals surface area (Å²) < 4.78 is 12.1. The summed E-state index contributed by atoms with van der Waals surface area (Å²) in [5.41, 5.74) is 1.65. The molecule has 0 heterocycles. The third-order valence-electron chi connectivity index (χ3n) is 6.07. The molecule has 3 rings (SSSR count). The molecule has 36 heavy (non-hydrogen) atoms. The topological polar surface area (TPSA) is 38.8 Å². The third-order valence-corrected chi connectivity index (χ3v) is 7.41. The zero-order chi connectivity index (χ0) is 25.4. The van der Waals surface area contributed by atoms with Crippen molar-refractivity contribution in [3.05, 3.63) is 90.5 Å². The van der Waals surface area contributed by atoms with E-state index in [2.05, 4.69) is 30.9 Å². The van der Waals surface area contributed by atoms with Crippen LogP contribution in [0.25, 0.3) is 0 Å². The number of hydrogen-bond donors (Lipinski definition) is 0. The van der Waals surface area contributed by atoms with Gasteiger partial charge in [-0.15, -0.1) is 0 Å². The Bertz CT molecular complexity index is 942. The minimum Gasteiger partial charge on any atom is -0.433 e. The molecular weight excluding hydrogens is 465 g/mol. The maximum Gasteiger partial charge on any atom is 0.370 e. The molecule has 0 N–H and O–H groups in total.